The Labute approximate surface area is 214 Å². The van der Waals surface area contributed by atoms with Gasteiger partial charge in [-0.2, -0.15) is 0 Å². The number of hydrogen-bond donors (Lipinski definition) is 2. The molecule has 0 spiro atoms. The molecule has 0 aliphatic rings. The third-order valence-corrected chi connectivity index (χ3v) is 5.99. The Bertz CT molecular complexity index is 1320. The molecular weight excluding hydrogens is 479 g/mol. The monoisotopic (exact) mass is 504 g/mol. The number of carbonyl (C=O) groups excluding carboxylic acids is 1. The van der Waals surface area contributed by atoms with E-state index in [1.54, 1.807) is 49.5 Å². The first-order chi connectivity index (χ1) is 17.4. The molecule has 1 atom stereocenters. The molecule has 1 amide bonds. The van der Waals surface area contributed by atoms with E-state index >= 15 is 0 Å². The van der Waals surface area contributed by atoms with Gasteiger partial charge in [-0.25, -0.2) is 14.4 Å². The molecule has 6 nitrogen and oxygen atoms in total. The van der Waals surface area contributed by atoms with Crippen molar-refractivity contribution in [3.8, 4) is 11.3 Å². The van der Waals surface area contributed by atoms with Crippen LogP contribution in [0, 0.1) is 5.82 Å². The number of nitrogens with one attached hydrogen (secondary N) is 1. The zero-order valence-electron chi connectivity index (χ0n) is 19.7. The van der Waals surface area contributed by atoms with E-state index < -0.39 is 17.8 Å². The van der Waals surface area contributed by atoms with Crippen molar-refractivity contribution in [3.63, 3.8) is 0 Å². The number of nitrogens with zero attached hydrogens (tertiary/aromatic N) is 3. The summed E-state index contributed by atoms with van der Waals surface area (Å²) in [5.41, 5.74) is 2.30. The fourth-order valence-electron chi connectivity index (χ4n) is 3.78. The Morgan fingerprint density at radius 3 is 2.47 bits per heavy atom. The molecule has 0 saturated carbocycles. The number of anilines is 1. The van der Waals surface area contributed by atoms with Gasteiger partial charge in [0.05, 0.1) is 23.9 Å². The van der Waals surface area contributed by atoms with Crippen molar-refractivity contribution in [1.29, 1.82) is 0 Å². The van der Waals surface area contributed by atoms with E-state index in [0.29, 0.717) is 23.1 Å². The first-order valence-electron chi connectivity index (χ1n) is 11.5. The van der Waals surface area contributed by atoms with Gasteiger partial charge < -0.3 is 15.3 Å². The molecule has 1 heterocycles. The zero-order valence-corrected chi connectivity index (χ0v) is 20.5. The summed E-state index contributed by atoms with van der Waals surface area (Å²) in [7, 11) is 1.57. The predicted octanol–water partition coefficient (Wildman–Crippen LogP) is 5.40. The molecule has 2 N–H and O–H groups in total. The van der Waals surface area contributed by atoms with E-state index in [0.717, 1.165) is 12.0 Å². The van der Waals surface area contributed by atoms with E-state index in [4.69, 9.17) is 11.6 Å². The van der Waals surface area contributed by atoms with Crippen molar-refractivity contribution in [2.24, 2.45) is 0 Å². The van der Waals surface area contributed by atoms with Gasteiger partial charge in [-0.1, -0.05) is 66.2 Å². The molecule has 184 valence electrons. The minimum Gasteiger partial charge on any atom is -0.387 e. The van der Waals surface area contributed by atoms with Crippen molar-refractivity contribution in [1.82, 2.24) is 14.9 Å². The fourth-order valence-corrected chi connectivity index (χ4v) is 3.91. The second-order valence-corrected chi connectivity index (χ2v) is 8.79. The molecule has 8 heteroatoms. The van der Waals surface area contributed by atoms with Gasteiger partial charge in [0.2, 0.25) is 5.95 Å². The maximum Gasteiger partial charge on any atom is 0.257 e. The maximum absolute atomic E-state index is 14.7. The van der Waals surface area contributed by atoms with Gasteiger partial charge in [-0.3, -0.25) is 4.79 Å². The summed E-state index contributed by atoms with van der Waals surface area (Å²) in [6, 6.07) is 22.9. The molecule has 0 aliphatic carbocycles. The minimum atomic E-state index is -0.923. The number of amides is 1. The highest BCUT2D eigenvalue weighted by atomic mass is 35.5. The lowest BCUT2D eigenvalue weighted by Crippen LogP contribution is -2.32. The average Bonchev–Trinajstić information content (AvgIpc) is 2.89. The molecule has 4 aromatic rings. The van der Waals surface area contributed by atoms with Gasteiger partial charge in [-0.15, -0.1) is 0 Å². The van der Waals surface area contributed by atoms with E-state index in [1.165, 1.54) is 17.2 Å². The van der Waals surface area contributed by atoms with E-state index in [1.807, 2.05) is 30.3 Å². The topological polar surface area (TPSA) is 78.3 Å². The third kappa shape index (κ3) is 6.24. The van der Waals surface area contributed by atoms with E-state index in [9.17, 15) is 14.3 Å². The van der Waals surface area contributed by atoms with Crippen LogP contribution in [0.15, 0.2) is 85.1 Å². The van der Waals surface area contributed by atoms with Crippen LogP contribution in [0.2, 0.25) is 5.02 Å². The Balaban J connectivity index is 1.56. The SMILES string of the molecule is CN(CC(O)c1ccc(Cl)cc1)C(=O)c1cnc(NCCc2ccccc2)nc1-c1ccccc1F. The molecule has 0 bridgehead atoms. The number of aliphatic hydroxyl groups excluding tert-OH is 1. The zero-order chi connectivity index (χ0) is 25.5. The molecule has 36 heavy (non-hydrogen) atoms. The summed E-state index contributed by atoms with van der Waals surface area (Å²) < 4.78 is 14.7. The average molecular weight is 505 g/mol. The lowest BCUT2D eigenvalue weighted by molar-refractivity contribution is 0.0681. The summed E-state index contributed by atoms with van der Waals surface area (Å²) in [5.74, 6) is -0.633. The van der Waals surface area contributed by atoms with Crippen LogP contribution in [-0.4, -0.2) is 46.0 Å². The Morgan fingerprint density at radius 1 is 1.06 bits per heavy atom. The smallest absolute Gasteiger partial charge is 0.257 e. The Hall–Kier alpha value is -3.81. The van der Waals surface area contributed by atoms with Crippen LogP contribution in [0.3, 0.4) is 0 Å². The number of halogens is 2. The summed E-state index contributed by atoms with van der Waals surface area (Å²) >= 11 is 5.92. The molecule has 4 rings (SSSR count). The van der Waals surface area contributed by atoms with Crippen molar-refractivity contribution >= 4 is 23.5 Å². The van der Waals surface area contributed by atoms with Crippen LogP contribution in [-0.2, 0) is 6.42 Å². The standard InChI is InChI=1S/C28H26ClFN4O2/c1-34(18-25(35)20-11-13-21(29)14-12-20)27(36)23-17-32-28(31-16-15-19-7-3-2-4-8-19)33-26(23)22-9-5-6-10-24(22)30/h2-14,17,25,35H,15-16,18H2,1H3,(H,31,32,33). The van der Waals surface area contributed by atoms with Crippen molar-refractivity contribution in [2.75, 3.05) is 25.5 Å². The number of aromatic nitrogens is 2. The lowest BCUT2D eigenvalue weighted by Gasteiger charge is -2.22. The predicted molar refractivity (Wildman–Crippen MR) is 139 cm³/mol. The van der Waals surface area contributed by atoms with E-state index in [-0.39, 0.29) is 23.4 Å². The van der Waals surface area contributed by atoms with Crippen molar-refractivity contribution < 1.29 is 14.3 Å². The van der Waals surface area contributed by atoms with Crippen molar-refractivity contribution in [2.45, 2.75) is 12.5 Å². The molecule has 0 radical (unpaired) electrons. The highest BCUT2D eigenvalue weighted by Crippen LogP contribution is 2.27. The maximum atomic E-state index is 14.7. The summed E-state index contributed by atoms with van der Waals surface area (Å²) in [5, 5.41) is 14.3. The third-order valence-electron chi connectivity index (χ3n) is 5.74. The summed E-state index contributed by atoms with van der Waals surface area (Å²) in [4.78, 5) is 23.5. The lowest BCUT2D eigenvalue weighted by atomic mass is 10.0. The minimum absolute atomic E-state index is 0.0221. The largest absolute Gasteiger partial charge is 0.387 e. The Morgan fingerprint density at radius 2 is 1.75 bits per heavy atom. The van der Waals surface area contributed by atoms with Crippen molar-refractivity contribution in [3.05, 3.63) is 113 Å². The van der Waals surface area contributed by atoms with Crippen LogP contribution in [0.1, 0.15) is 27.6 Å². The van der Waals surface area contributed by atoms with Crippen LogP contribution in [0.25, 0.3) is 11.3 Å². The van der Waals surface area contributed by atoms with Gasteiger partial charge in [-0.05, 0) is 41.8 Å². The first-order valence-corrected chi connectivity index (χ1v) is 11.9. The van der Waals surface area contributed by atoms with Gasteiger partial charge in [0.15, 0.2) is 0 Å². The molecule has 1 unspecified atom stereocenters. The number of aliphatic hydroxyl groups is 1. The van der Waals surface area contributed by atoms with Crippen LogP contribution in [0.5, 0.6) is 0 Å². The van der Waals surface area contributed by atoms with Crippen LogP contribution >= 0.6 is 11.6 Å². The van der Waals surface area contributed by atoms with E-state index in [2.05, 4.69) is 15.3 Å². The number of hydrogen-bond acceptors (Lipinski definition) is 5. The Kier molecular flexibility index (Phi) is 8.25. The van der Waals surface area contributed by atoms with Gasteiger partial charge in [0.25, 0.3) is 5.91 Å². The first kappa shape index (κ1) is 25.3. The van der Waals surface area contributed by atoms with Crippen LogP contribution in [0.4, 0.5) is 10.3 Å². The molecule has 0 saturated heterocycles. The molecule has 1 aromatic heterocycles. The molecule has 0 fully saturated rings. The normalized spacial score (nSPS) is 11.7. The quantitative estimate of drug-likeness (QED) is 0.319. The number of likely N-dealkylation sites (N-methyl/N-ethyl adjacent to an activating group) is 1. The number of carbonyl (C=O) groups is 1. The summed E-state index contributed by atoms with van der Waals surface area (Å²) in [6.07, 6.45) is 1.23. The highest BCUT2D eigenvalue weighted by Gasteiger charge is 2.23. The fraction of sp³-hybridized carbons (Fsp3) is 0.179. The number of rotatable bonds is 9. The van der Waals surface area contributed by atoms with Gasteiger partial charge in [0, 0.05) is 30.4 Å². The second kappa shape index (κ2) is 11.7. The van der Waals surface area contributed by atoms with Gasteiger partial charge in [0.1, 0.15) is 5.82 Å². The highest BCUT2D eigenvalue weighted by molar-refractivity contribution is 6.30. The summed E-state index contributed by atoms with van der Waals surface area (Å²) in [6.45, 7) is 0.593. The molecule has 3 aromatic carbocycles. The number of benzene rings is 3. The molecular formula is C28H26ClFN4O2. The van der Waals surface area contributed by atoms with Gasteiger partial charge >= 0.3 is 0 Å². The molecule has 0 aliphatic heterocycles. The van der Waals surface area contributed by atoms with Crippen LogP contribution < -0.4 is 5.32 Å². The second-order valence-electron chi connectivity index (χ2n) is 8.35.